The molecule has 0 bridgehead atoms. The number of carbonyl (C=O) groups excluding carboxylic acids is 1. The van der Waals surface area contributed by atoms with Gasteiger partial charge in [-0.2, -0.15) is 0 Å². The predicted molar refractivity (Wildman–Crippen MR) is 30.8 cm³/mol. The van der Waals surface area contributed by atoms with Crippen molar-refractivity contribution in [3.8, 4) is 0 Å². The summed E-state index contributed by atoms with van der Waals surface area (Å²) in [5.41, 5.74) is 0. The third-order valence-electron chi connectivity index (χ3n) is 0.933. The van der Waals surface area contributed by atoms with E-state index in [-0.39, 0.29) is 5.03 Å². The molecule has 1 unspecified atom stereocenters. The smallest absolute Gasteiger partial charge is 0.352 e. The summed E-state index contributed by atoms with van der Waals surface area (Å²) in [6.45, 7) is 0. The lowest BCUT2D eigenvalue weighted by Gasteiger charge is -2.02. The Morgan fingerprint density at radius 1 is 1.89 bits per heavy atom. The van der Waals surface area contributed by atoms with Crippen molar-refractivity contribution in [2.45, 2.75) is 6.29 Å². The second-order valence-electron chi connectivity index (χ2n) is 1.52. The minimum atomic E-state index is -0.593. The zero-order valence-corrected chi connectivity index (χ0v) is 5.51. The van der Waals surface area contributed by atoms with E-state index < -0.39 is 12.3 Å². The van der Waals surface area contributed by atoms with Gasteiger partial charge in [0.15, 0.2) is 0 Å². The summed E-state index contributed by atoms with van der Waals surface area (Å²) in [5.74, 6) is -0.525. The molecule has 1 aliphatic rings. The lowest BCUT2D eigenvalue weighted by atomic mass is 10.5. The highest BCUT2D eigenvalue weighted by atomic mass is 35.5. The standard InChI is InChI=1S/C5H5ClO3/c1-8-4-2-3(6)5(7)9-4/h2,4H,1H3. The first kappa shape index (κ1) is 6.58. The summed E-state index contributed by atoms with van der Waals surface area (Å²) in [6, 6.07) is 0. The van der Waals surface area contributed by atoms with Crippen LogP contribution >= 0.6 is 11.6 Å². The van der Waals surface area contributed by atoms with Crippen LogP contribution in [0.4, 0.5) is 0 Å². The van der Waals surface area contributed by atoms with Crippen LogP contribution in [0.2, 0.25) is 0 Å². The third kappa shape index (κ3) is 1.23. The van der Waals surface area contributed by atoms with Gasteiger partial charge < -0.3 is 9.47 Å². The summed E-state index contributed by atoms with van der Waals surface area (Å²) < 4.78 is 9.19. The maximum absolute atomic E-state index is 10.4. The molecule has 0 fully saturated rings. The molecule has 0 spiro atoms. The van der Waals surface area contributed by atoms with Gasteiger partial charge in [0, 0.05) is 13.2 Å². The number of cyclic esters (lactones) is 1. The van der Waals surface area contributed by atoms with Gasteiger partial charge in [0.05, 0.1) is 0 Å². The highest BCUT2D eigenvalue weighted by Crippen LogP contribution is 2.16. The number of carbonyl (C=O) groups is 1. The van der Waals surface area contributed by atoms with Crippen molar-refractivity contribution in [2.75, 3.05) is 7.11 Å². The van der Waals surface area contributed by atoms with Crippen molar-refractivity contribution in [1.29, 1.82) is 0 Å². The molecule has 0 saturated heterocycles. The van der Waals surface area contributed by atoms with Crippen molar-refractivity contribution in [3.05, 3.63) is 11.1 Å². The summed E-state index contributed by atoms with van der Waals surface area (Å²) >= 11 is 5.34. The fourth-order valence-corrected chi connectivity index (χ4v) is 0.647. The van der Waals surface area contributed by atoms with E-state index in [1.165, 1.54) is 13.2 Å². The quantitative estimate of drug-likeness (QED) is 0.512. The maximum atomic E-state index is 10.4. The lowest BCUT2D eigenvalue weighted by molar-refractivity contribution is -0.154. The van der Waals surface area contributed by atoms with Gasteiger partial charge in [-0.05, 0) is 0 Å². The minimum Gasteiger partial charge on any atom is -0.428 e. The predicted octanol–water partition coefficient (Wildman–Crippen LogP) is 0.638. The highest BCUT2D eigenvalue weighted by Gasteiger charge is 2.22. The first-order valence-electron chi connectivity index (χ1n) is 2.35. The van der Waals surface area contributed by atoms with E-state index in [9.17, 15) is 4.79 Å². The largest absolute Gasteiger partial charge is 0.428 e. The average Bonchev–Trinajstić information content (AvgIpc) is 2.13. The van der Waals surface area contributed by atoms with E-state index in [1.54, 1.807) is 0 Å². The first-order valence-corrected chi connectivity index (χ1v) is 2.73. The Bertz CT molecular complexity index is 164. The number of ether oxygens (including phenoxy) is 2. The Hall–Kier alpha value is -0.540. The Morgan fingerprint density at radius 2 is 2.56 bits per heavy atom. The summed E-state index contributed by atoms with van der Waals surface area (Å²) in [6.07, 6.45) is 0.814. The van der Waals surface area contributed by atoms with Crippen LogP contribution in [0.25, 0.3) is 0 Å². The zero-order chi connectivity index (χ0) is 6.85. The van der Waals surface area contributed by atoms with Crippen LogP contribution < -0.4 is 0 Å². The van der Waals surface area contributed by atoms with Gasteiger partial charge in [0.25, 0.3) is 0 Å². The molecule has 1 atom stereocenters. The normalized spacial score (nSPS) is 25.8. The highest BCUT2D eigenvalue weighted by molar-refractivity contribution is 6.41. The van der Waals surface area contributed by atoms with E-state index in [1.807, 2.05) is 0 Å². The number of methoxy groups -OCH3 is 1. The molecule has 9 heavy (non-hydrogen) atoms. The van der Waals surface area contributed by atoms with Crippen LogP contribution in [-0.4, -0.2) is 19.4 Å². The van der Waals surface area contributed by atoms with E-state index in [4.69, 9.17) is 11.6 Å². The van der Waals surface area contributed by atoms with Crippen LogP contribution in [0.5, 0.6) is 0 Å². The molecule has 4 heteroatoms. The molecule has 0 aromatic carbocycles. The zero-order valence-electron chi connectivity index (χ0n) is 4.76. The van der Waals surface area contributed by atoms with Crippen molar-refractivity contribution in [1.82, 2.24) is 0 Å². The van der Waals surface area contributed by atoms with Crippen LogP contribution in [0, 0.1) is 0 Å². The van der Waals surface area contributed by atoms with E-state index in [0.717, 1.165) is 0 Å². The van der Waals surface area contributed by atoms with E-state index in [0.29, 0.717) is 0 Å². The van der Waals surface area contributed by atoms with Gasteiger partial charge in [0.1, 0.15) is 5.03 Å². The van der Waals surface area contributed by atoms with E-state index >= 15 is 0 Å². The van der Waals surface area contributed by atoms with Crippen molar-refractivity contribution >= 4 is 17.6 Å². The van der Waals surface area contributed by atoms with Crippen LogP contribution in [0.15, 0.2) is 11.1 Å². The van der Waals surface area contributed by atoms with E-state index in [2.05, 4.69) is 9.47 Å². The SMILES string of the molecule is COC1C=C(Cl)C(=O)O1. The van der Waals surface area contributed by atoms with Crippen molar-refractivity contribution in [2.24, 2.45) is 0 Å². The first-order chi connectivity index (χ1) is 4.24. The number of hydrogen-bond acceptors (Lipinski definition) is 3. The molecule has 3 nitrogen and oxygen atoms in total. The molecular formula is C5H5ClO3. The Labute approximate surface area is 57.2 Å². The maximum Gasteiger partial charge on any atom is 0.352 e. The topological polar surface area (TPSA) is 35.5 Å². The Balaban J connectivity index is 2.62. The molecule has 1 heterocycles. The number of rotatable bonds is 1. The minimum absolute atomic E-state index is 0.0850. The molecule has 0 amide bonds. The average molecular weight is 149 g/mol. The van der Waals surface area contributed by atoms with Gasteiger partial charge in [-0.1, -0.05) is 11.6 Å². The van der Waals surface area contributed by atoms with Gasteiger partial charge in [0.2, 0.25) is 6.29 Å². The summed E-state index contributed by atoms with van der Waals surface area (Å²) in [4.78, 5) is 10.4. The molecule has 1 aliphatic heterocycles. The molecule has 50 valence electrons. The third-order valence-corrected chi connectivity index (χ3v) is 1.21. The second-order valence-corrected chi connectivity index (χ2v) is 1.93. The lowest BCUT2D eigenvalue weighted by Crippen LogP contribution is -2.09. The number of esters is 1. The molecule has 1 rings (SSSR count). The van der Waals surface area contributed by atoms with Crippen molar-refractivity contribution in [3.63, 3.8) is 0 Å². The molecule has 0 aromatic heterocycles. The van der Waals surface area contributed by atoms with Crippen LogP contribution in [-0.2, 0) is 14.3 Å². The summed E-state index contributed by atoms with van der Waals surface area (Å²) in [7, 11) is 1.43. The van der Waals surface area contributed by atoms with Crippen LogP contribution in [0.1, 0.15) is 0 Å². The van der Waals surface area contributed by atoms with Gasteiger partial charge in [-0.25, -0.2) is 4.79 Å². The fourth-order valence-electron chi connectivity index (χ4n) is 0.499. The molecule has 0 N–H and O–H groups in total. The number of hydrogen-bond donors (Lipinski definition) is 0. The molecule has 0 saturated carbocycles. The van der Waals surface area contributed by atoms with Gasteiger partial charge in [-0.15, -0.1) is 0 Å². The Kier molecular flexibility index (Phi) is 1.73. The van der Waals surface area contributed by atoms with Crippen LogP contribution in [0.3, 0.4) is 0 Å². The molecule has 0 radical (unpaired) electrons. The Morgan fingerprint density at radius 3 is 2.78 bits per heavy atom. The van der Waals surface area contributed by atoms with Gasteiger partial charge >= 0.3 is 5.97 Å². The fraction of sp³-hybridized carbons (Fsp3) is 0.400. The number of halogens is 1. The molecule has 0 aromatic rings. The summed E-state index contributed by atoms with van der Waals surface area (Å²) in [5, 5.41) is 0.0850. The molecule has 0 aliphatic carbocycles. The van der Waals surface area contributed by atoms with Crippen molar-refractivity contribution < 1.29 is 14.3 Å². The molecular weight excluding hydrogens is 144 g/mol. The second kappa shape index (κ2) is 2.37. The monoisotopic (exact) mass is 148 g/mol. The van der Waals surface area contributed by atoms with Gasteiger partial charge in [-0.3, -0.25) is 0 Å².